The molecule has 1 aromatic rings. The maximum absolute atomic E-state index is 3.67. The van der Waals surface area contributed by atoms with Gasteiger partial charge in [0.2, 0.25) is 0 Å². The summed E-state index contributed by atoms with van der Waals surface area (Å²) in [6.07, 6.45) is 3.93. The number of nitrogens with one attached hydrogen (secondary N) is 1. The molecule has 3 heteroatoms. The fraction of sp³-hybridized carbons (Fsp3) is 0.600. The van der Waals surface area contributed by atoms with Crippen molar-refractivity contribution >= 4 is 11.4 Å². The molecule has 98 valence electrons. The molecule has 3 rings (SSSR count). The quantitative estimate of drug-likeness (QED) is 0.882. The van der Waals surface area contributed by atoms with Gasteiger partial charge in [0, 0.05) is 37.1 Å². The third-order valence-corrected chi connectivity index (χ3v) is 4.08. The van der Waals surface area contributed by atoms with Crippen LogP contribution >= 0.6 is 0 Å². The summed E-state index contributed by atoms with van der Waals surface area (Å²) in [5.74, 6) is 0. The first-order valence-corrected chi connectivity index (χ1v) is 7.11. The van der Waals surface area contributed by atoms with E-state index in [0.29, 0.717) is 6.04 Å². The van der Waals surface area contributed by atoms with E-state index in [1.54, 1.807) is 0 Å². The van der Waals surface area contributed by atoms with Gasteiger partial charge < -0.3 is 15.1 Å². The molecule has 2 aliphatic heterocycles. The lowest BCUT2D eigenvalue weighted by molar-refractivity contribution is 0.414. The molecule has 0 bridgehead atoms. The Morgan fingerprint density at radius 3 is 2.72 bits per heavy atom. The second-order valence-electron chi connectivity index (χ2n) is 5.64. The summed E-state index contributed by atoms with van der Waals surface area (Å²) in [5, 5.41) is 3.67. The highest BCUT2D eigenvalue weighted by Crippen LogP contribution is 2.24. The number of hydrogen-bond donors (Lipinski definition) is 1. The topological polar surface area (TPSA) is 18.5 Å². The minimum absolute atomic E-state index is 0.615. The highest BCUT2D eigenvalue weighted by molar-refractivity contribution is 5.58. The molecule has 0 amide bonds. The first kappa shape index (κ1) is 11.8. The fourth-order valence-corrected chi connectivity index (χ4v) is 3.06. The van der Waals surface area contributed by atoms with Gasteiger partial charge >= 0.3 is 0 Å². The summed E-state index contributed by atoms with van der Waals surface area (Å²) in [6, 6.07) is 9.52. The summed E-state index contributed by atoms with van der Waals surface area (Å²) < 4.78 is 0. The number of likely N-dealkylation sites (N-methyl/N-ethyl adjacent to an activating group) is 1. The van der Waals surface area contributed by atoms with E-state index in [0.717, 1.165) is 6.54 Å². The van der Waals surface area contributed by atoms with E-state index >= 15 is 0 Å². The fourth-order valence-electron chi connectivity index (χ4n) is 3.06. The van der Waals surface area contributed by atoms with Crippen molar-refractivity contribution in [1.82, 2.24) is 4.90 Å². The highest BCUT2D eigenvalue weighted by Gasteiger charge is 2.19. The predicted octanol–water partition coefficient (Wildman–Crippen LogP) is 2.40. The molecule has 2 heterocycles. The number of nitrogens with zero attached hydrogens (tertiary/aromatic N) is 2. The Morgan fingerprint density at radius 2 is 2.00 bits per heavy atom. The number of rotatable bonds is 3. The standard InChI is InChI=1S/C15H23N3/c1-17-10-7-14(12-17)16-13-5-4-6-15(11-13)18-8-2-3-9-18/h4-6,11,14,16H,2-3,7-10,12H2,1H3. The van der Waals surface area contributed by atoms with Crippen molar-refractivity contribution < 1.29 is 0 Å². The molecule has 1 unspecified atom stereocenters. The van der Waals surface area contributed by atoms with Gasteiger partial charge in [0.15, 0.2) is 0 Å². The molecule has 1 aromatic carbocycles. The minimum atomic E-state index is 0.615. The number of hydrogen-bond acceptors (Lipinski definition) is 3. The van der Waals surface area contributed by atoms with Crippen molar-refractivity contribution in [3.63, 3.8) is 0 Å². The molecule has 1 atom stereocenters. The van der Waals surface area contributed by atoms with Crippen LogP contribution in [0.15, 0.2) is 24.3 Å². The largest absolute Gasteiger partial charge is 0.381 e. The van der Waals surface area contributed by atoms with Crippen LogP contribution in [-0.2, 0) is 0 Å². The van der Waals surface area contributed by atoms with Gasteiger partial charge in [0.1, 0.15) is 0 Å². The van der Waals surface area contributed by atoms with Gasteiger partial charge in [-0.15, -0.1) is 0 Å². The molecule has 0 aromatic heterocycles. The van der Waals surface area contributed by atoms with Crippen LogP contribution in [0.2, 0.25) is 0 Å². The molecule has 2 aliphatic rings. The third-order valence-electron chi connectivity index (χ3n) is 4.08. The lowest BCUT2D eigenvalue weighted by atomic mass is 10.2. The molecule has 0 saturated carbocycles. The van der Waals surface area contributed by atoms with Crippen LogP contribution in [0.4, 0.5) is 11.4 Å². The molecule has 18 heavy (non-hydrogen) atoms. The van der Waals surface area contributed by atoms with E-state index in [1.165, 1.54) is 50.3 Å². The van der Waals surface area contributed by atoms with Crippen LogP contribution in [0.1, 0.15) is 19.3 Å². The maximum atomic E-state index is 3.67. The van der Waals surface area contributed by atoms with Crippen LogP contribution in [-0.4, -0.2) is 44.2 Å². The molecule has 3 nitrogen and oxygen atoms in total. The maximum Gasteiger partial charge on any atom is 0.0400 e. The monoisotopic (exact) mass is 245 g/mol. The summed E-state index contributed by atoms with van der Waals surface area (Å²) >= 11 is 0. The van der Waals surface area contributed by atoms with Crippen molar-refractivity contribution in [2.45, 2.75) is 25.3 Å². The Labute approximate surface area is 110 Å². The van der Waals surface area contributed by atoms with Crippen LogP contribution in [0.5, 0.6) is 0 Å². The zero-order valence-corrected chi connectivity index (χ0v) is 11.2. The van der Waals surface area contributed by atoms with Crippen molar-refractivity contribution in [2.24, 2.45) is 0 Å². The highest BCUT2D eigenvalue weighted by atomic mass is 15.2. The Balaban J connectivity index is 1.66. The number of likely N-dealkylation sites (tertiary alicyclic amines) is 1. The van der Waals surface area contributed by atoms with Crippen molar-refractivity contribution in [3.05, 3.63) is 24.3 Å². The summed E-state index contributed by atoms with van der Waals surface area (Å²) in [5.41, 5.74) is 2.66. The van der Waals surface area contributed by atoms with E-state index in [2.05, 4.69) is 46.4 Å². The first-order chi connectivity index (χ1) is 8.81. The predicted molar refractivity (Wildman–Crippen MR) is 77.4 cm³/mol. The average Bonchev–Trinajstić information content (AvgIpc) is 3.01. The Kier molecular flexibility index (Phi) is 3.41. The van der Waals surface area contributed by atoms with E-state index in [4.69, 9.17) is 0 Å². The van der Waals surface area contributed by atoms with E-state index in [9.17, 15) is 0 Å². The van der Waals surface area contributed by atoms with E-state index in [1.807, 2.05) is 0 Å². The summed E-state index contributed by atoms with van der Waals surface area (Å²) in [6.45, 7) is 4.81. The minimum Gasteiger partial charge on any atom is -0.381 e. The summed E-state index contributed by atoms with van der Waals surface area (Å²) in [7, 11) is 2.20. The van der Waals surface area contributed by atoms with Crippen LogP contribution in [0.3, 0.4) is 0 Å². The van der Waals surface area contributed by atoms with Crippen molar-refractivity contribution in [2.75, 3.05) is 43.4 Å². The molecule has 0 aliphatic carbocycles. The Hall–Kier alpha value is -1.22. The van der Waals surface area contributed by atoms with Crippen molar-refractivity contribution in [3.8, 4) is 0 Å². The zero-order chi connectivity index (χ0) is 12.4. The molecular weight excluding hydrogens is 222 g/mol. The second-order valence-corrected chi connectivity index (χ2v) is 5.64. The first-order valence-electron chi connectivity index (χ1n) is 7.11. The van der Waals surface area contributed by atoms with Gasteiger partial charge in [-0.05, 0) is 51.1 Å². The lowest BCUT2D eigenvalue weighted by Crippen LogP contribution is -2.23. The molecular formula is C15H23N3. The van der Waals surface area contributed by atoms with Gasteiger partial charge in [0.05, 0.1) is 0 Å². The Bertz CT molecular complexity index is 398. The van der Waals surface area contributed by atoms with Crippen LogP contribution in [0.25, 0.3) is 0 Å². The lowest BCUT2D eigenvalue weighted by Gasteiger charge is -2.20. The SMILES string of the molecule is CN1CCC(Nc2cccc(N3CCCC3)c2)C1. The van der Waals surface area contributed by atoms with E-state index < -0.39 is 0 Å². The molecule has 0 radical (unpaired) electrons. The molecule has 1 N–H and O–H groups in total. The van der Waals surface area contributed by atoms with Gasteiger partial charge in [-0.25, -0.2) is 0 Å². The Morgan fingerprint density at radius 1 is 1.17 bits per heavy atom. The summed E-state index contributed by atoms with van der Waals surface area (Å²) in [4.78, 5) is 4.88. The zero-order valence-electron chi connectivity index (χ0n) is 11.2. The third kappa shape index (κ3) is 2.61. The van der Waals surface area contributed by atoms with Crippen molar-refractivity contribution in [1.29, 1.82) is 0 Å². The average molecular weight is 245 g/mol. The van der Waals surface area contributed by atoms with E-state index in [-0.39, 0.29) is 0 Å². The van der Waals surface area contributed by atoms with Gasteiger partial charge in [-0.2, -0.15) is 0 Å². The smallest absolute Gasteiger partial charge is 0.0400 e. The van der Waals surface area contributed by atoms with Gasteiger partial charge in [0.25, 0.3) is 0 Å². The molecule has 2 saturated heterocycles. The van der Waals surface area contributed by atoms with Crippen LogP contribution in [0, 0.1) is 0 Å². The normalized spacial score (nSPS) is 24.7. The number of benzene rings is 1. The molecule has 0 spiro atoms. The molecule has 2 fully saturated rings. The van der Waals surface area contributed by atoms with Crippen LogP contribution < -0.4 is 10.2 Å². The number of anilines is 2. The second kappa shape index (κ2) is 5.19. The van der Waals surface area contributed by atoms with Gasteiger partial charge in [-0.3, -0.25) is 0 Å². The van der Waals surface area contributed by atoms with Gasteiger partial charge in [-0.1, -0.05) is 6.07 Å².